The maximum atomic E-state index is 12.6. The Kier molecular flexibility index (Phi) is 4.49. The normalized spacial score (nSPS) is 10.6. The van der Waals surface area contributed by atoms with E-state index in [1.54, 1.807) is 18.2 Å². The number of hydrogen-bond acceptors (Lipinski definition) is 1. The minimum absolute atomic E-state index is 0.0123. The molecule has 98 valence electrons. The minimum Gasteiger partial charge on any atom is -0.289 e. The maximum Gasteiger partial charge on any atom is 0.194 e. The molecule has 0 bridgehead atoms. The molecule has 0 spiro atoms. The van der Waals surface area contributed by atoms with Crippen molar-refractivity contribution >= 4 is 49.2 Å². The van der Waals surface area contributed by atoms with Crippen molar-refractivity contribution in [3.8, 4) is 0 Å². The van der Waals surface area contributed by atoms with Crippen molar-refractivity contribution in [3.05, 3.63) is 66.6 Å². The van der Waals surface area contributed by atoms with E-state index in [-0.39, 0.29) is 5.78 Å². The van der Waals surface area contributed by atoms with Gasteiger partial charge in [0.25, 0.3) is 0 Å². The Morgan fingerprint density at radius 2 is 1.63 bits per heavy atom. The van der Waals surface area contributed by atoms with E-state index < -0.39 is 0 Å². The zero-order valence-corrected chi connectivity index (χ0v) is 14.4. The summed E-state index contributed by atoms with van der Waals surface area (Å²) < 4.78 is 1.72. The number of benzene rings is 2. The molecule has 0 aliphatic carbocycles. The lowest BCUT2D eigenvalue weighted by atomic mass is 9.98. The Morgan fingerprint density at radius 3 is 2.26 bits per heavy atom. The van der Waals surface area contributed by atoms with Gasteiger partial charge in [0, 0.05) is 25.1 Å². The van der Waals surface area contributed by atoms with Crippen LogP contribution in [0, 0.1) is 13.8 Å². The van der Waals surface area contributed by atoms with Crippen LogP contribution in [0.1, 0.15) is 27.0 Å². The second kappa shape index (κ2) is 5.78. The first-order valence-corrected chi connectivity index (χ1v) is 7.63. The molecular formula is C15H11Br2ClO. The number of hydrogen-bond donors (Lipinski definition) is 0. The molecule has 0 aromatic heterocycles. The Bertz CT molecular complexity index is 665. The first-order valence-electron chi connectivity index (χ1n) is 5.66. The first-order chi connectivity index (χ1) is 8.90. The van der Waals surface area contributed by atoms with Gasteiger partial charge in [-0.05, 0) is 55.3 Å². The molecular weight excluding hydrogens is 391 g/mol. The maximum absolute atomic E-state index is 12.6. The van der Waals surface area contributed by atoms with Gasteiger partial charge in [-0.3, -0.25) is 4.79 Å². The number of aryl methyl sites for hydroxylation is 2. The van der Waals surface area contributed by atoms with E-state index in [0.29, 0.717) is 16.1 Å². The summed E-state index contributed by atoms with van der Waals surface area (Å²) in [5.74, 6) is -0.0123. The molecule has 0 aliphatic rings. The van der Waals surface area contributed by atoms with Gasteiger partial charge in [-0.25, -0.2) is 0 Å². The van der Waals surface area contributed by atoms with Gasteiger partial charge in [-0.1, -0.05) is 43.5 Å². The molecule has 0 saturated carbocycles. The van der Waals surface area contributed by atoms with Crippen molar-refractivity contribution in [3.63, 3.8) is 0 Å². The molecule has 0 saturated heterocycles. The third kappa shape index (κ3) is 3.10. The Balaban J connectivity index is 2.53. The fraction of sp³-hybridized carbons (Fsp3) is 0.133. The topological polar surface area (TPSA) is 17.1 Å². The number of halogens is 3. The Hall–Kier alpha value is -0.640. The van der Waals surface area contributed by atoms with Gasteiger partial charge in [0.1, 0.15) is 0 Å². The van der Waals surface area contributed by atoms with Gasteiger partial charge in [0.15, 0.2) is 5.78 Å². The highest BCUT2D eigenvalue weighted by molar-refractivity contribution is 9.11. The first kappa shape index (κ1) is 14.8. The second-order valence-corrected chi connectivity index (χ2v) is 6.51. The summed E-state index contributed by atoms with van der Waals surface area (Å²) in [6.07, 6.45) is 0. The highest BCUT2D eigenvalue weighted by Crippen LogP contribution is 2.28. The molecule has 4 heteroatoms. The lowest BCUT2D eigenvalue weighted by molar-refractivity contribution is 0.103. The van der Waals surface area contributed by atoms with Gasteiger partial charge >= 0.3 is 0 Å². The van der Waals surface area contributed by atoms with Crippen molar-refractivity contribution in [1.82, 2.24) is 0 Å². The molecule has 2 aromatic carbocycles. The van der Waals surface area contributed by atoms with Crippen molar-refractivity contribution in [2.75, 3.05) is 0 Å². The van der Waals surface area contributed by atoms with Crippen LogP contribution in [0.15, 0.2) is 39.3 Å². The molecule has 2 rings (SSSR count). The average Bonchev–Trinajstić information content (AvgIpc) is 2.33. The van der Waals surface area contributed by atoms with E-state index in [4.69, 9.17) is 11.6 Å². The van der Waals surface area contributed by atoms with Crippen LogP contribution >= 0.6 is 43.5 Å². The lowest BCUT2D eigenvalue weighted by Gasteiger charge is -2.09. The molecule has 2 aromatic rings. The quantitative estimate of drug-likeness (QED) is 0.588. The predicted octanol–water partition coefficient (Wildman–Crippen LogP) is 5.71. The Labute approximate surface area is 134 Å². The molecule has 0 N–H and O–H groups in total. The van der Waals surface area contributed by atoms with Crippen LogP contribution in [0.5, 0.6) is 0 Å². The number of rotatable bonds is 2. The molecule has 0 fully saturated rings. The van der Waals surface area contributed by atoms with Crippen molar-refractivity contribution in [1.29, 1.82) is 0 Å². The van der Waals surface area contributed by atoms with Gasteiger partial charge in [-0.2, -0.15) is 0 Å². The van der Waals surface area contributed by atoms with E-state index in [1.165, 1.54) is 0 Å². The fourth-order valence-corrected chi connectivity index (χ4v) is 3.06. The largest absolute Gasteiger partial charge is 0.289 e. The van der Waals surface area contributed by atoms with Gasteiger partial charge in [0.2, 0.25) is 0 Å². The zero-order chi connectivity index (χ0) is 14.2. The van der Waals surface area contributed by atoms with Gasteiger partial charge in [-0.15, -0.1) is 0 Å². The van der Waals surface area contributed by atoms with Crippen LogP contribution in [0.2, 0.25) is 5.02 Å². The van der Waals surface area contributed by atoms with E-state index in [9.17, 15) is 4.79 Å². The monoisotopic (exact) mass is 400 g/mol. The average molecular weight is 403 g/mol. The molecule has 1 nitrogen and oxygen atoms in total. The van der Waals surface area contributed by atoms with Crippen LogP contribution in [-0.4, -0.2) is 5.78 Å². The lowest BCUT2D eigenvalue weighted by Crippen LogP contribution is -2.05. The standard InChI is InChI=1S/C15H11Br2ClO/c1-8-5-10(18)3-4-11(8)15(19)12-7-13(16)9(2)6-14(12)17/h3-7H,1-2H3. The number of carbonyl (C=O) groups excluding carboxylic acids is 1. The van der Waals surface area contributed by atoms with E-state index in [0.717, 1.165) is 20.1 Å². The summed E-state index contributed by atoms with van der Waals surface area (Å²) in [5.41, 5.74) is 3.26. The molecule has 0 heterocycles. The predicted molar refractivity (Wildman–Crippen MR) is 86.2 cm³/mol. The molecule has 0 amide bonds. The molecule has 0 radical (unpaired) electrons. The summed E-state index contributed by atoms with van der Waals surface area (Å²) in [4.78, 5) is 12.6. The van der Waals surface area contributed by atoms with Gasteiger partial charge < -0.3 is 0 Å². The van der Waals surface area contributed by atoms with Crippen molar-refractivity contribution in [2.24, 2.45) is 0 Å². The van der Waals surface area contributed by atoms with Crippen LogP contribution in [0.3, 0.4) is 0 Å². The number of carbonyl (C=O) groups is 1. The van der Waals surface area contributed by atoms with E-state index in [1.807, 2.05) is 26.0 Å². The zero-order valence-electron chi connectivity index (χ0n) is 10.4. The van der Waals surface area contributed by atoms with Crippen LogP contribution < -0.4 is 0 Å². The summed E-state index contributed by atoms with van der Waals surface area (Å²) in [7, 11) is 0. The summed E-state index contributed by atoms with van der Waals surface area (Å²) >= 11 is 12.8. The van der Waals surface area contributed by atoms with Crippen molar-refractivity contribution in [2.45, 2.75) is 13.8 Å². The van der Waals surface area contributed by atoms with Crippen LogP contribution in [0.25, 0.3) is 0 Å². The van der Waals surface area contributed by atoms with Crippen LogP contribution in [0.4, 0.5) is 0 Å². The number of ketones is 1. The molecule has 0 atom stereocenters. The molecule has 0 unspecified atom stereocenters. The second-order valence-electron chi connectivity index (χ2n) is 4.37. The van der Waals surface area contributed by atoms with Crippen molar-refractivity contribution < 1.29 is 4.79 Å². The third-order valence-electron chi connectivity index (χ3n) is 2.93. The van der Waals surface area contributed by atoms with Crippen LogP contribution in [-0.2, 0) is 0 Å². The smallest absolute Gasteiger partial charge is 0.194 e. The summed E-state index contributed by atoms with van der Waals surface area (Å²) in [5, 5.41) is 0.637. The van der Waals surface area contributed by atoms with E-state index >= 15 is 0 Å². The highest BCUT2D eigenvalue weighted by atomic mass is 79.9. The Morgan fingerprint density at radius 1 is 0.947 bits per heavy atom. The fourth-order valence-electron chi connectivity index (χ4n) is 1.85. The minimum atomic E-state index is -0.0123. The third-order valence-corrected chi connectivity index (χ3v) is 4.67. The summed E-state index contributed by atoms with van der Waals surface area (Å²) in [6, 6.07) is 9.07. The van der Waals surface area contributed by atoms with E-state index in [2.05, 4.69) is 31.9 Å². The molecule has 0 aliphatic heterocycles. The van der Waals surface area contributed by atoms with Gasteiger partial charge in [0.05, 0.1) is 0 Å². The SMILES string of the molecule is Cc1cc(Br)c(C(=O)c2ccc(Cl)cc2C)cc1Br. The summed E-state index contributed by atoms with van der Waals surface area (Å²) in [6.45, 7) is 3.87. The highest BCUT2D eigenvalue weighted by Gasteiger charge is 2.16. The molecule has 19 heavy (non-hydrogen) atoms.